The van der Waals surface area contributed by atoms with E-state index < -0.39 is 15.9 Å². The van der Waals surface area contributed by atoms with Crippen molar-refractivity contribution < 1.29 is 22.5 Å². The molecule has 2 rings (SSSR count). The molecule has 92 valence electrons. The van der Waals surface area contributed by atoms with Gasteiger partial charge in [0.1, 0.15) is 11.3 Å². The Morgan fingerprint density at radius 3 is 2.76 bits per heavy atom. The molecule has 0 aliphatic heterocycles. The predicted molar refractivity (Wildman–Crippen MR) is 60.1 cm³/mol. The average Bonchev–Trinajstić information content (AvgIpc) is 2.59. The molecule has 2 aromatic rings. The van der Waals surface area contributed by atoms with Gasteiger partial charge in [-0.05, 0) is 6.07 Å². The maximum absolute atomic E-state index is 10.8. The molecular formula is C10H11NO5S. The second-order valence-corrected chi connectivity index (χ2v) is 5.03. The second-order valence-electron chi connectivity index (χ2n) is 3.57. The fourth-order valence-electron chi connectivity index (χ4n) is 1.56. The number of para-hydroxylation sites is 1. The van der Waals surface area contributed by atoms with Gasteiger partial charge >= 0.3 is 0 Å². The number of benzene rings is 1. The minimum Gasteiger partial charge on any atom is -0.440 e. The summed E-state index contributed by atoms with van der Waals surface area (Å²) in [6.07, 6.45) is 0.264. The van der Waals surface area contributed by atoms with Gasteiger partial charge in [-0.15, -0.1) is 0 Å². The van der Waals surface area contributed by atoms with Crippen molar-refractivity contribution in [1.82, 2.24) is 4.98 Å². The zero-order valence-electron chi connectivity index (χ0n) is 8.83. The van der Waals surface area contributed by atoms with Gasteiger partial charge in [-0.25, -0.2) is 4.98 Å². The molecule has 2 N–H and O–H groups in total. The van der Waals surface area contributed by atoms with Gasteiger partial charge in [0.05, 0.1) is 6.61 Å². The first-order chi connectivity index (χ1) is 7.99. The molecule has 0 fully saturated rings. The van der Waals surface area contributed by atoms with Crippen LogP contribution in [-0.2, 0) is 22.3 Å². The lowest BCUT2D eigenvalue weighted by Gasteiger charge is -1.98. The Bertz CT molecular complexity index is 631. The number of hydrogen-bond acceptors (Lipinski definition) is 5. The number of hydrogen-bond donors (Lipinski definition) is 2. The first kappa shape index (κ1) is 12.0. The number of rotatable bonds is 4. The van der Waals surface area contributed by atoms with Crippen molar-refractivity contribution in [2.45, 2.75) is 12.2 Å². The molecule has 7 heteroatoms. The minimum absolute atomic E-state index is 0.0968. The highest BCUT2D eigenvalue weighted by atomic mass is 32.2. The Kier molecular flexibility index (Phi) is 3.14. The van der Waals surface area contributed by atoms with Crippen LogP contribution in [0.3, 0.4) is 0 Å². The van der Waals surface area contributed by atoms with Crippen LogP contribution >= 0.6 is 0 Å². The maximum Gasteiger partial charge on any atom is 0.269 e. The van der Waals surface area contributed by atoms with Crippen molar-refractivity contribution in [3.8, 4) is 0 Å². The monoisotopic (exact) mass is 257 g/mol. The third-order valence-electron chi connectivity index (χ3n) is 2.20. The van der Waals surface area contributed by atoms with E-state index in [9.17, 15) is 8.42 Å². The van der Waals surface area contributed by atoms with Gasteiger partial charge in [-0.1, -0.05) is 12.1 Å². The predicted octanol–water partition coefficient (Wildman–Crippen LogP) is 0.750. The van der Waals surface area contributed by atoms with Gasteiger partial charge in [0.15, 0.2) is 11.5 Å². The van der Waals surface area contributed by atoms with Crippen LogP contribution in [0.5, 0.6) is 0 Å². The van der Waals surface area contributed by atoms with E-state index in [-0.39, 0.29) is 13.0 Å². The summed E-state index contributed by atoms with van der Waals surface area (Å²) in [4.78, 5) is 4.09. The Morgan fingerprint density at radius 2 is 2.12 bits per heavy atom. The molecule has 0 bridgehead atoms. The number of oxazole rings is 1. The smallest absolute Gasteiger partial charge is 0.269 e. The molecule has 17 heavy (non-hydrogen) atoms. The normalized spacial score (nSPS) is 12.1. The second kappa shape index (κ2) is 4.44. The highest BCUT2D eigenvalue weighted by Gasteiger charge is 2.14. The molecule has 0 spiro atoms. The lowest BCUT2D eigenvalue weighted by atomic mass is 10.2. The van der Waals surface area contributed by atoms with Gasteiger partial charge in [0, 0.05) is 12.0 Å². The fourth-order valence-corrected chi connectivity index (χ4v) is 2.19. The van der Waals surface area contributed by atoms with Gasteiger partial charge in [-0.2, -0.15) is 8.42 Å². The van der Waals surface area contributed by atoms with Crippen molar-refractivity contribution in [3.05, 3.63) is 29.7 Å². The lowest BCUT2D eigenvalue weighted by molar-refractivity contribution is 0.286. The number of aromatic nitrogens is 1. The number of nitrogens with zero attached hydrogens (tertiary/aromatic N) is 1. The van der Waals surface area contributed by atoms with E-state index >= 15 is 0 Å². The summed E-state index contributed by atoms with van der Waals surface area (Å²) in [6.45, 7) is -0.0968. The summed E-state index contributed by atoms with van der Waals surface area (Å²) in [7, 11) is -4.11. The summed E-state index contributed by atoms with van der Waals surface area (Å²) in [5.41, 5.74) is 1.19. The quantitative estimate of drug-likeness (QED) is 0.784. The molecule has 0 aliphatic carbocycles. The molecule has 6 nitrogen and oxygen atoms in total. The zero-order chi connectivity index (χ0) is 12.5. The van der Waals surface area contributed by atoms with Gasteiger partial charge in [0.25, 0.3) is 10.1 Å². The van der Waals surface area contributed by atoms with Crippen molar-refractivity contribution in [2.24, 2.45) is 0 Å². The molecule has 0 aliphatic rings. The van der Waals surface area contributed by atoms with E-state index in [0.717, 1.165) is 0 Å². The van der Waals surface area contributed by atoms with Crippen LogP contribution in [0.15, 0.2) is 22.6 Å². The molecule has 0 amide bonds. The third-order valence-corrected chi connectivity index (χ3v) is 2.88. The summed E-state index contributed by atoms with van der Waals surface area (Å²) in [5.74, 6) is -0.178. The van der Waals surface area contributed by atoms with Crippen molar-refractivity contribution >= 4 is 21.2 Å². The van der Waals surface area contributed by atoms with Crippen molar-refractivity contribution in [2.75, 3.05) is 6.61 Å². The Morgan fingerprint density at radius 1 is 1.35 bits per heavy atom. The summed E-state index contributed by atoms with van der Waals surface area (Å²) in [6, 6.07) is 4.85. The van der Waals surface area contributed by atoms with E-state index in [0.29, 0.717) is 22.6 Å². The van der Waals surface area contributed by atoms with Crippen molar-refractivity contribution in [3.63, 3.8) is 0 Å². The number of fused-ring (bicyclic) bond motifs is 1. The molecule has 1 aromatic carbocycles. The summed E-state index contributed by atoms with van der Waals surface area (Å²) < 4.78 is 35.8. The summed E-state index contributed by atoms with van der Waals surface area (Å²) >= 11 is 0. The maximum atomic E-state index is 10.8. The van der Waals surface area contributed by atoms with Crippen LogP contribution in [0.25, 0.3) is 11.1 Å². The number of aliphatic hydroxyl groups excluding tert-OH is 1. The molecule has 0 radical (unpaired) electrons. The zero-order valence-corrected chi connectivity index (χ0v) is 9.64. The van der Waals surface area contributed by atoms with Crippen LogP contribution in [0.4, 0.5) is 0 Å². The van der Waals surface area contributed by atoms with Gasteiger partial charge < -0.3 is 9.52 Å². The standard InChI is InChI=1S/C10H11NO5S/c12-5-4-9-11-8-3-1-2-7(10(8)16-9)6-17(13,14)15/h1-3,12H,4-6H2,(H,13,14,15). The van der Waals surface area contributed by atoms with Gasteiger partial charge in [0.2, 0.25) is 0 Å². The van der Waals surface area contributed by atoms with Crippen LogP contribution in [0.1, 0.15) is 11.5 Å². The first-order valence-corrected chi connectivity index (χ1v) is 6.54. The molecule has 0 unspecified atom stereocenters. The van der Waals surface area contributed by atoms with Crippen LogP contribution in [0, 0.1) is 0 Å². The van der Waals surface area contributed by atoms with Crippen LogP contribution < -0.4 is 0 Å². The van der Waals surface area contributed by atoms with E-state index in [1.54, 1.807) is 18.2 Å². The highest BCUT2D eigenvalue weighted by Crippen LogP contribution is 2.21. The molecule has 1 heterocycles. The van der Waals surface area contributed by atoms with Crippen LogP contribution in [-0.4, -0.2) is 29.7 Å². The summed E-state index contributed by atoms with van der Waals surface area (Å²) in [5, 5.41) is 8.76. The van der Waals surface area contributed by atoms with Crippen LogP contribution in [0.2, 0.25) is 0 Å². The first-order valence-electron chi connectivity index (χ1n) is 4.93. The topological polar surface area (TPSA) is 101 Å². The molecular weight excluding hydrogens is 246 g/mol. The Balaban J connectivity index is 2.49. The van der Waals surface area contributed by atoms with Gasteiger partial charge in [-0.3, -0.25) is 4.55 Å². The lowest BCUT2D eigenvalue weighted by Crippen LogP contribution is -2.01. The van der Waals surface area contributed by atoms with Crippen molar-refractivity contribution in [1.29, 1.82) is 0 Å². The van der Waals surface area contributed by atoms with E-state index in [2.05, 4.69) is 4.98 Å². The number of aliphatic hydroxyl groups is 1. The Hall–Kier alpha value is -1.44. The van der Waals surface area contributed by atoms with E-state index in [4.69, 9.17) is 14.1 Å². The molecule has 1 aromatic heterocycles. The molecule has 0 atom stereocenters. The largest absolute Gasteiger partial charge is 0.440 e. The van der Waals surface area contributed by atoms with E-state index in [1.807, 2.05) is 0 Å². The minimum atomic E-state index is -4.11. The highest BCUT2D eigenvalue weighted by molar-refractivity contribution is 7.85. The SMILES string of the molecule is O=S(=O)(O)Cc1cccc2nc(CCO)oc12. The Labute approximate surface area is 97.6 Å². The molecule has 0 saturated heterocycles. The third kappa shape index (κ3) is 2.82. The fraction of sp³-hybridized carbons (Fsp3) is 0.300. The van der Waals surface area contributed by atoms with E-state index in [1.165, 1.54) is 0 Å². The molecule has 0 saturated carbocycles. The average molecular weight is 257 g/mol.